The summed E-state index contributed by atoms with van der Waals surface area (Å²) in [5.41, 5.74) is 0.719. The van der Waals surface area contributed by atoms with Crippen LogP contribution in [0.4, 0.5) is 0 Å². The molecule has 1 aliphatic carbocycles. The number of amides is 3. The van der Waals surface area contributed by atoms with Crippen LogP contribution in [0.5, 0.6) is 0 Å². The lowest BCUT2D eigenvalue weighted by Crippen LogP contribution is -2.50. The lowest BCUT2D eigenvalue weighted by molar-refractivity contribution is -0.144. The van der Waals surface area contributed by atoms with Crippen LogP contribution >= 0.6 is 0 Å². The van der Waals surface area contributed by atoms with Crippen molar-refractivity contribution in [2.45, 2.75) is 51.9 Å². The Balaban J connectivity index is 1.31. The first kappa shape index (κ1) is 21.5. The Morgan fingerprint density at radius 1 is 0.875 bits per heavy atom. The highest BCUT2D eigenvalue weighted by molar-refractivity contribution is 5.86. The Kier molecular flexibility index (Phi) is 5.50. The van der Waals surface area contributed by atoms with Gasteiger partial charge in [-0.25, -0.2) is 0 Å². The zero-order chi connectivity index (χ0) is 22.3. The maximum absolute atomic E-state index is 13.7. The Hall–Kier alpha value is -2.37. The second-order valence-electron chi connectivity index (χ2n) is 10.5. The number of carbonyl (C=O) groups excluding carboxylic acids is 3. The molecule has 172 valence electrons. The van der Waals surface area contributed by atoms with E-state index in [0.717, 1.165) is 70.3 Å². The van der Waals surface area contributed by atoms with E-state index < -0.39 is 5.41 Å². The highest BCUT2D eigenvalue weighted by atomic mass is 16.2. The van der Waals surface area contributed by atoms with Gasteiger partial charge in [0.15, 0.2) is 0 Å². The smallest absolute Gasteiger partial charge is 0.230 e. The Morgan fingerprint density at radius 3 is 2.22 bits per heavy atom. The minimum Gasteiger partial charge on any atom is -0.342 e. The molecule has 0 N–H and O–H groups in total. The van der Waals surface area contributed by atoms with Crippen LogP contribution < -0.4 is 0 Å². The molecule has 1 saturated carbocycles. The molecule has 4 aliphatic rings. The summed E-state index contributed by atoms with van der Waals surface area (Å²) in [6, 6.07) is 9.94. The monoisotopic (exact) mass is 437 g/mol. The van der Waals surface area contributed by atoms with Gasteiger partial charge >= 0.3 is 0 Å². The van der Waals surface area contributed by atoms with E-state index in [1.807, 2.05) is 40.1 Å². The SMILES string of the molecule is CC(=O)N1C[C@H]2C3(CCN(C(=O)Cc4ccccc4)CC3)CC[C@@]2(C(=O)N2CCCC2)C1. The van der Waals surface area contributed by atoms with E-state index in [0.29, 0.717) is 25.4 Å². The van der Waals surface area contributed by atoms with Gasteiger partial charge in [-0.05, 0) is 55.4 Å². The number of hydrogen-bond acceptors (Lipinski definition) is 3. The van der Waals surface area contributed by atoms with Crippen LogP contribution in [0.3, 0.4) is 0 Å². The van der Waals surface area contributed by atoms with E-state index in [2.05, 4.69) is 4.90 Å². The molecule has 3 heterocycles. The average molecular weight is 438 g/mol. The molecule has 2 atom stereocenters. The van der Waals surface area contributed by atoms with Crippen LogP contribution in [-0.2, 0) is 20.8 Å². The fourth-order valence-corrected chi connectivity index (χ4v) is 7.07. The second-order valence-corrected chi connectivity index (χ2v) is 10.5. The molecule has 3 amide bonds. The number of piperidine rings is 1. The fourth-order valence-electron chi connectivity index (χ4n) is 7.07. The van der Waals surface area contributed by atoms with E-state index in [4.69, 9.17) is 0 Å². The van der Waals surface area contributed by atoms with Gasteiger partial charge in [-0.1, -0.05) is 30.3 Å². The standard InChI is InChI=1S/C26H35N3O3/c1-20(30)29-18-22-25(9-10-26(22,19-29)24(32)28-13-5-6-14-28)11-15-27(16-12-25)23(31)17-21-7-3-2-4-8-21/h2-4,7-8,22H,5-6,9-19H2,1H3/t22-,26+/m0/s1. The number of fused-ring (bicyclic) bond motifs is 2. The van der Waals surface area contributed by atoms with Crippen molar-refractivity contribution in [1.82, 2.24) is 14.7 Å². The minimum atomic E-state index is -0.410. The van der Waals surface area contributed by atoms with E-state index in [9.17, 15) is 14.4 Å². The molecule has 6 nitrogen and oxygen atoms in total. The van der Waals surface area contributed by atoms with Gasteiger partial charge in [-0.2, -0.15) is 0 Å². The van der Waals surface area contributed by atoms with Crippen molar-refractivity contribution < 1.29 is 14.4 Å². The van der Waals surface area contributed by atoms with Crippen LogP contribution in [0, 0.1) is 16.7 Å². The van der Waals surface area contributed by atoms with Crippen molar-refractivity contribution in [3.63, 3.8) is 0 Å². The first-order valence-electron chi connectivity index (χ1n) is 12.3. The Morgan fingerprint density at radius 2 is 1.56 bits per heavy atom. The molecule has 3 aliphatic heterocycles. The van der Waals surface area contributed by atoms with Gasteiger partial charge in [0.25, 0.3) is 0 Å². The van der Waals surface area contributed by atoms with Crippen LogP contribution in [0.15, 0.2) is 30.3 Å². The van der Waals surface area contributed by atoms with Crippen molar-refractivity contribution in [3.8, 4) is 0 Å². The van der Waals surface area contributed by atoms with Gasteiger partial charge in [0.2, 0.25) is 17.7 Å². The van der Waals surface area contributed by atoms with E-state index >= 15 is 0 Å². The third kappa shape index (κ3) is 3.52. The summed E-state index contributed by atoms with van der Waals surface area (Å²) in [7, 11) is 0. The highest BCUT2D eigenvalue weighted by Gasteiger charge is 2.65. The molecule has 32 heavy (non-hydrogen) atoms. The third-order valence-corrected chi connectivity index (χ3v) is 8.93. The Bertz CT molecular complexity index is 887. The predicted molar refractivity (Wildman–Crippen MR) is 122 cm³/mol. The molecule has 1 aromatic rings. The van der Waals surface area contributed by atoms with E-state index in [1.54, 1.807) is 6.92 Å². The zero-order valence-electron chi connectivity index (χ0n) is 19.2. The predicted octanol–water partition coefficient (Wildman–Crippen LogP) is 2.72. The van der Waals surface area contributed by atoms with E-state index in [-0.39, 0.29) is 23.1 Å². The van der Waals surface area contributed by atoms with Crippen molar-refractivity contribution in [2.75, 3.05) is 39.3 Å². The molecular formula is C26H35N3O3. The average Bonchev–Trinajstić information content (AvgIpc) is 3.52. The molecule has 4 fully saturated rings. The summed E-state index contributed by atoms with van der Waals surface area (Å²) in [6.45, 7) is 6.16. The summed E-state index contributed by atoms with van der Waals surface area (Å²) in [6.07, 6.45) is 6.45. The van der Waals surface area contributed by atoms with E-state index in [1.165, 1.54) is 0 Å². The fraction of sp³-hybridized carbons (Fsp3) is 0.654. The van der Waals surface area contributed by atoms with Gasteiger partial charge in [-0.3, -0.25) is 14.4 Å². The number of likely N-dealkylation sites (tertiary alicyclic amines) is 3. The Labute approximate surface area is 190 Å². The van der Waals surface area contributed by atoms with Crippen LogP contribution in [0.1, 0.15) is 51.0 Å². The number of hydrogen-bond donors (Lipinski definition) is 0. The first-order valence-corrected chi connectivity index (χ1v) is 12.3. The molecule has 1 aromatic carbocycles. The number of nitrogens with zero attached hydrogens (tertiary/aromatic N) is 3. The van der Waals surface area contributed by atoms with Gasteiger partial charge in [0, 0.05) is 46.2 Å². The minimum absolute atomic E-state index is 0.0725. The summed E-state index contributed by atoms with van der Waals surface area (Å²) >= 11 is 0. The van der Waals surface area contributed by atoms with Crippen LogP contribution in [-0.4, -0.2) is 71.7 Å². The molecule has 3 saturated heterocycles. The highest BCUT2D eigenvalue weighted by Crippen LogP contribution is 2.62. The largest absolute Gasteiger partial charge is 0.342 e. The van der Waals surface area contributed by atoms with Crippen molar-refractivity contribution in [3.05, 3.63) is 35.9 Å². The molecule has 1 spiro atoms. The molecule has 6 heteroatoms. The molecule has 5 rings (SSSR count). The molecule has 0 bridgehead atoms. The quantitative estimate of drug-likeness (QED) is 0.731. The summed E-state index contributed by atoms with van der Waals surface area (Å²) in [5.74, 6) is 0.792. The number of benzene rings is 1. The first-order chi connectivity index (χ1) is 15.4. The van der Waals surface area contributed by atoms with Crippen molar-refractivity contribution in [2.24, 2.45) is 16.7 Å². The maximum atomic E-state index is 13.7. The van der Waals surface area contributed by atoms with Crippen LogP contribution in [0.2, 0.25) is 0 Å². The van der Waals surface area contributed by atoms with Gasteiger partial charge in [0.1, 0.15) is 0 Å². The van der Waals surface area contributed by atoms with Crippen molar-refractivity contribution in [1.29, 1.82) is 0 Å². The lowest BCUT2D eigenvalue weighted by atomic mass is 9.65. The summed E-state index contributed by atoms with van der Waals surface area (Å²) < 4.78 is 0. The van der Waals surface area contributed by atoms with Gasteiger partial charge < -0.3 is 14.7 Å². The van der Waals surface area contributed by atoms with Gasteiger partial charge in [-0.15, -0.1) is 0 Å². The second kappa shape index (κ2) is 8.20. The topological polar surface area (TPSA) is 60.9 Å². The molecule has 0 unspecified atom stereocenters. The molecule has 0 radical (unpaired) electrons. The summed E-state index contributed by atoms with van der Waals surface area (Å²) in [5, 5.41) is 0. The number of rotatable bonds is 3. The summed E-state index contributed by atoms with van der Waals surface area (Å²) in [4.78, 5) is 44.9. The third-order valence-electron chi connectivity index (χ3n) is 8.93. The zero-order valence-corrected chi connectivity index (χ0v) is 19.2. The van der Waals surface area contributed by atoms with Crippen molar-refractivity contribution >= 4 is 17.7 Å². The number of carbonyl (C=O) groups is 3. The lowest BCUT2D eigenvalue weighted by Gasteiger charge is -2.44. The normalized spacial score (nSPS) is 28.9. The van der Waals surface area contributed by atoms with Crippen LogP contribution in [0.25, 0.3) is 0 Å². The molecular weight excluding hydrogens is 402 g/mol. The maximum Gasteiger partial charge on any atom is 0.230 e. The van der Waals surface area contributed by atoms with Gasteiger partial charge in [0.05, 0.1) is 11.8 Å². The molecule has 0 aromatic heterocycles.